The molecule has 0 bridgehead atoms. The van der Waals surface area contributed by atoms with Crippen molar-refractivity contribution in [1.29, 1.82) is 0 Å². The van der Waals surface area contributed by atoms with E-state index in [1.54, 1.807) is 12.1 Å². The van der Waals surface area contributed by atoms with Crippen LogP contribution >= 0.6 is 22.9 Å². The molecular formula is C22H23ClFN3O2S. The predicted molar refractivity (Wildman–Crippen MR) is 116 cm³/mol. The van der Waals surface area contributed by atoms with Gasteiger partial charge in [-0.3, -0.25) is 9.69 Å². The van der Waals surface area contributed by atoms with E-state index in [4.69, 9.17) is 16.0 Å². The number of nitrogens with one attached hydrogen (secondary N) is 1. The Morgan fingerprint density at radius 3 is 2.83 bits per heavy atom. The number of rotatable bonds is 7. The van der Waals surface area contributed by atoms with Crippen molar-refractivity contribution in [2.45, 2.75) is 32.2 Å². The lowest BCUT2D eigenvalue weighted by Crippen LogP contribution is -2.38. The van der Waals surface area contributed by atoms with Crippen LogP contribution < -0.4 is 5.32 Å². The number of thiazole rings is 1. The lowest BCUT2D eigenvalue weighted by molar-refractivity contribution is -0.120. The number of furan rings is 1. The molecule has 1 saturated heterocycles. The SMILES string of the molecule is Cc1ccc(-c2nc(CC(=O)NCC(c3c(F)cccc3Cl)N3CCCC3)cs2)o1. The minimum atomic E-state index is -0.341. The number of nitrogens with zero attached hydrogens (tertiary/aromatic N) is 2. The number of carbonyl (C=O) groups is 1. The van der Waals surface area contributed by atoms with Gasteiger partial charge in [-0.2, -0.15) is 0 Å². The third-order valence-electron chi connectivity index (χ3n) is 5.25. The molecule has 0 aliphatic carbocycles. The number of benzene rings is 1. The van der Waals surface area contributed by atoms with E-state index in [0.29, 0.717) is 28.6 Å². The van der Waals surface area contributed by atoms with Crippen LogP contribution in [-0.2, 0) is 11.2 Å². The highest BCUT2D eigenvalue weighted by Gasteiger charge is 2.28. The average molecular weight is 448 g/mol. The second-order valence-electron chi connectivity index (χ2n) is 7.43. The fraction of sp³-hybridized carbons (Fsp3) is 0.364. The van der Waals surface area contributed by atoms with Gasteiger partial charge >= 0.3 is 0 Å². The Kier molecular flexibility index (Phi) is 6.51. The zero-order chi connectivity index (χ0) is 21.1. The molecule has 1 N–H and O–H groups in total. The Morgan fingerprint density at radius 1 is 1.33 bits per heavy atom. The Labute approximate surface area is 183 Å². The van der Waals surface area contributed by atoms with E-state index in [0.717, 1.165) is 36.7 Å². The molecule has 3 aromatic rings. The molecule has 5 nitrogen and oxygen atoms in total. The second-order valence-corrected chi connectivity index (χ2v) is 8.69. The first-order valence-electron chi connectivity index (χ1n) is 9.97. The van der Waals surface area contributed by atoms with Crippen LogP contribution in [0.2, 0.25) is 5.02 Å². The first kappa shape index (κ1) is 21.0. The van der Waals surface area contributed by atoms with E-state index in [-0.39, 0.29) is 24.2 Å². The zero-order valence-corrected chi connectivity index (χ0v) is 18.2. The van der Waals surface area contributed by atoms with E-state index >= 15 is 0 Å². The number of likely N-dealkylation sites (tertiary alicyclic amines) is 1. The summed E-state index contributed by atoms with van der Waals surface area (Å²) in [7, 11) is 0. The van der Waals surface area contributed by atoms with Crippen molar-refractivity contribution in [3.63, 3.8) is 0 Å². The van der Waals surface area contributed by atoms with Crippen molar-refractivity contribution in [1.82, 2.24) is 15.2 Å². The van der Waals surface area contributed by atoms with Gasteiger partial charge in [-0.25, -0.2) is 9.37 Å². The van der Waals surface area contributed by atoms with Gasteiger partial charge < -0.3 is 9.73 Å². The zero-order valence-electron chi connectivity index (χ0n) is 16.7. The number of aromatic nitrogens is 1. The van der Waals surface area contributed by atoms with E-state index < -0.39 is 0 Å². The number of halogens is 2. The molecular weight excluding hydrogens is 425 g/mol. The molecule has 4 rings (SSSR count). The third-order valence-corrected chi connectivity index (χ3v) is 6.49. The van der Waals surface area contributed by atoms with Crippen LogP contribution in [0.15, 0.2) is 40.1 Å². The van der Waals surface area contributed by atoms with E-state index in [1.807, 2.05) is 24.4 Å². The molecule has 1 unspecified atom stereocenters. The summed E-state index contributed by atoms with van der Waals surface area (Å²) in [5.74, 6) is 1.03. The van der Waals surface area contributed by atoms with Crippen LogP contribution in [0.5, 0.6) is 0 Å². The van der Waals surface area contributed by atoms with Crippen molar-refractivity contribution >= 4 is 28.8 Å². The number of hydrogen-bond acceptors (Lipinski definition) is 5. The summed E-state index contributed by atoms with van der Waals surface area (Å²) in [5, 5.41) is 5.95. The van der Waals surface area contributed by atoms with Gasteiger partial charge in [0, 0.05) is 22.5 Å². The average Bonchev–Trinajstić information content (AvgIpc) is 3.46. The minimum absolute atomic E-state index is 0.154. The molecule has 1 amide bonds. The standard InChI is InChI=1S/C22H23ClFN3O2S/c1-14-7-8-19(29-14)22-26-15(13-30-22)11-20(28)25-12-18(27-9-2-3-10-27)21-16(23)5-4-6-17(21)24/h4-8,13,18H,2-3,9-12H2,1H3,(H,25,28). The fourth-order valence-electron chi connectivity index (χ4n) is 3.78. The van der Waals surface area contributed by atoms with E-state index in [9.17, 15) is 9.18 Å². The van der Waals surface area contributed by atoms with Crippen molar-refractivity contribution in [3.05, 3.63) is 63.6 Å². The Bertz CT molecular complexity index is 1010. The van der Waals surface area contributed by atoms with Crippen LogP contribution in [-0.4, -0.2) is 35.4 Å². The molecule has 0 saturated carbocycles. The summed E-state index contributed by atoms with van der Waals surface area (Å²) in [5.41, 5.74) is 1.13. The summed E-state index contributed by atoms with van der Waals surface area (Å²) in [4.78, 5) is 19.3. The molecule has 30 heavy (non-hydrogen) atoms. The Morgan fingerprint density at radius 2 is 2.13 bits per heavy atom. The molecule has 0 spiro atoms. The van der Waals surface area contributed by atoms with Gasteiger partial charge in [0.05, 0.1) is 18.2 Å². The first-order chi connectivity index (χ1) is 14.5. The largest absolute Gasteiger partial charge is 0.459 e. The maximum absolute atomic E-state index is 14.5. The predicted octanol–water partition coefficient (Wildman–Crippen LogP) is 5.00. The summed E-state index contributed by atoms with van der Waals surface area (Å²) in [6.07, 6.45) is 2.28. The van der Waals surface area contributed by atoms with Crippen LogP contribution in [0.1, 0.15) is 35.9 Å². The molecule has 8 heteroatoms. The minimum Gasteiger partial charge on any atom is -0.459 e. The number of hydrogen-bond donors (Lipinski definition) is 1. The number of amides is 1. The van der Waals surface area contributed by atoms with Gasteiger partial charge in [0.2, 0.25) is 5.91 Å². The summed E-state index contributed by atoms with van der Waals surface area (Å²) < 4.78 is 20.1. The lowest BCUT2D eigenvalue weighted by Gasteiger charge is -2.29. The van der Waals surface area contributed by atoms with Gasteiger partial charge in [0.15, 0.2) is 10.8 Å². The lowest BCUT2D eigenvalue weighted by atomic mass is 10.0. The molecule has 1 aromatic carbocycles. The number of carbonyl (C=O) groups excluding carboxylic acids is 1. The van der Waals surface area contributed by atoms with Crippen molar-refractivity contribution < 1.29 is 13.6 Å². The monoisotopic (exact) mass is 447 g/mol. The van der Waals surface area contributed by atoms with Gasteiger partial charge in [-0.15, -0.1) is 11.3 Å². The summed E-state index contributed by atoms with van der Waals surface area (Å²) in [6, 6.07) is 8.17. The first-order valence-corrected chi connectivity index (χ1v) is 11.2. The van der Waals surface area contributed by atoms with Crippen molar-refractivity contribution in [3.8, 4) is 10.8 Å². The fourth-order valence-corrected chi connectivity index (χ4v) is 4.85. The van der Waals surface area contributed by atoms with Crippen molar-refractivity contribution in [2.24, 2.45) is 0 Å². The second kappa shape index (κ2) is 9.29. The topological polar surface area (TPSA) is 58.4 Å². The Hall–Kier alpha value is -2.22. The smallest absolute Gasteiger partial charge is 0.226 e. The molecule has 2 aromatic heterocycles. The molecule has 1 fully saturated rings. The van der Waals surface area contributed by atoms with Gasteiger partial charge in [-0.1, -0.05) is 17.7 Å². The van der Waals surface area contributed by atoms with Gasteiger partial charge in [-0.05, 0) is 57.1 Å². The molecule has 3 heterocycles. The molecule has 0 radical (unpaired) electrons. The maximum atomic E-state index is 14.5. The van der Waals surface area contributed by atoms with Crippen LogP contribution in [0.4, 0.5) is 4.39 Å². The van der Waals surface area contributed by atoms with Crippen LogP contribution in [0.25, 0.3) is 10.8 Å². The molecule has 1 atom stereocenters. The van der Waals surface area contributed by atoms with Gasteiger partial charge in [0.25, 0.3) is 0 Å². The third kappa shape index (κ3) is 4.74. The molecule has 1 aliphatic heterocycles. The van der Waals surface area contributed by atoms with Crippen LogP contribution in [0, 0.1) is 12.7 Å². The highest BCUT2D eigenvalue weighted by atomic mass is 35.5. The van der Waals surface area contributed by atoms with Crippen LogP contribution in [0.3, 0.4) is 0 Å². The molecule has 158 valence electrons. The normalized spacial score (nSPS) is 15.4. The van der Waals surface area contributed by atoms with E-state index in [2.05, 4.69) is 15.2 Å². The highest BCUT2D eigenvalue weighted by Crippen LogP contribution is 2.32. The Balaban J connectivity index is 1.42. The summed E-state index contributed by atoms with van der Waals surface area (Å²) in [6.45, 7) is 3.91. The number of aryl methyl sites for hydroxylation is 1. The van der Waals surface area contributed by atoms with Gasteiger partial charge in [0.1, 0.15) is 11.6 Å². The summed E-state index contributed by atoms with van der Waals surface area (Å²) >= 11 is 7.76. The molecule has 1 aliphatic rings. The van der Waals surface area contributed by atoms with E-state index in [1.165, 1.54) is 17.4 Å². The quantitative estimate of drug-likeness (QED) is 0.553. The highest BCUT2D eigenvalue weighted by molar-refractivity contribution is 7.13. The maximum Gasteiger partial charge on any atom is 0.226 e. The van der Waals surface area contributed by atoms with Crippen molar-refractivity contribution in [2.75, 3.05) is 19.6 Å².